The Kier molecular flexibility index (Phi) is 5.12. The summed E-state index contributed by atoms with van der Waals surface area (Å²) < 4.78 is 1.44. The molecule has 1 aliphatic rings. The number of anilines is 1. The predicted octanol–water partition coefficient (Wildman–Crippen LogP) is 0.356. The highest BCUT2D eigenvalue weighted by atomic mass is 16.2. The Balaban J connectivity index is 1.91. The van der Waals surface area contributed by atoms with E-state index in [0.717, 1.165) is 25.9 Å². The van der Waals surface area contributed by atoms with Gasteiger partial charge >= 0.3 is 0 Å². The quantitative estimate of drug-likeness (QED) is 0.835. The number of hydrogen-bond donors (Lipinski definition) is 2. The van der Waals surface area contributed by atoms with E-state index >= 15 is 0 Å². The summed E-state index contributed by atoms with van der Waals surface area (Å²) >= 11 is 0. The first-order chi connectivity index (χ1) is 10.4. The molecule has 0 aromatic carbocycles. The Morgan fingerprint density at radius 2 is 1.91 bits per heavy atom. The van der Waals surface area contributed by atoms with Crippen molar-refractivity contribution in [2.45, 2.75) is 51.6 Å². The van der Waals surface area contributed by atoms with E-state index in [1.165, 1.54) is 23.9 Å². The maximum atomic E-state index is 12.2. The summed E-state index contributed by atoms with van der Waals surface area (Å²) in [6.07, 6.45) is 5.90. The van der Waals surface area contributed by atoms with Gasteiger partial charge < -0.3 is 10.6 Å². The van der Waals surface area contributed by atoms with Gasteiger partial charge in [0.2, 0.25) is 17.8 Å². The number of likely N-dealkylation sites (tertiary alicyclic amines) is 1. The number of nitrogens with zero attached hydrogens (tertiary/aromatic N) is 4. The van der Waals surface area contributed by atoms with Crippen LogP contribution in [-0.4, -0.2) is 50.1 Å². The number of aromatic nitrogens is 3. The van der Waals surface area contributed by atoms with Crippen LogP contribution in [0.1, 0.15) is 39.5 Å². The van der Waals surface area contributed by atoms with Gasteiger partial charge in [-0.25, -0.2) is 9.67 Å². The fourth-order valence-corrected chi connectivity index (χ4v) is 2.25. The second-order valence-electron chi connectivity index (χ2n) is 6.24. The molecule has 1 aliphatic heterocycles. The molecule has 2 heterocycles. The average Bonchev–Trinajstić information content (AvgIpc) is 2.71. The molecule has 1 fully saturated rings. The Morgan fingerprint density at radius 3 is 2.50 bits per heavy atom. The molecule has 8 nitrogen and oxygen atoms in total. The van der Waals surface area contributed by atoms with Gasteiger partial charge in [-0.3, -0.25) is 14.9 Å². The van der Waals surface area contributed by atoms with E-state index in [4.69, 9.17) is 5.73 Å². The highest BCUT2D eigenvalue weighted by Crippen LogP contribution is 2.10. The van der Waals surface area contributed by atoms with Crippen LogP contribution < -0.4 is 11.1 Å². The Bertz CT molecular complexity index is 526. The van der Waals surface area contributed by atoms with Crippen LogP contribution in [-0.2, 0) is 16.1 Å². The van der Waals surface area contributed by atoms with Crippen LogP contribution in [0.4, 0.5) is 5.95 Å². The molecule has 0 atom stereocenters. The third kappa shape index (κ3) is 4.52. The molecule has 3 N–H and O–H groups in total. The topological polar surface area (TPSA) is 106 Å². The molecule has 2 rings (SSSR count). The van der Waals surface area contributed by atoms with Gasteiger partial charge in [-0.05, 0) is 26.7 Å². The van der Waals surface area contributed by atoms with Gasteiger partial charge in [-0.2, -0.15) is 0 Å². The molecule has 0 bridgehead atoms. The van der Waals surface area contributed by atoms with E-state index < -0.39 is 5.54 Å². The number of nitrogens with one attached hydrogen (secondary N) is 1. The van der Waals surface area contributed by atoms with Crippen LogP contribution in [0.15, 0.2) is 6.33 Å². The lowest BCUT2D eigenvalue weighted by Gasteiger charge is -2.19. The largest absolute Gasteiger partial charge is 0.341 e. The Hall–Kier alpha value is -1.96. The lowest BCUT2D eigenvalue weighted by Crippen LogP contribution is -2.45. The average molecular weight is 308 g/mol. The molecule has 122 valence electrons. The molecule has 8 heteroatoms. The Morgan fingerprint density at radius 1 is 1.27 bits per heavy atom. The molecule has 0 saturated carbocycles. The molecule has 0 spiro atoms. The SMILES string of the molecule is CC(C)(N)C(=O)Nc1ncn(CC(=O)N2CCCCCC2)n1. The molecule has 2 amide bonds. The van der Waals surface area contributed by atoms with Crippen LogP contribution in [0, 0.1) is 0 Å². The summed E-state index contributed by atoms with van der Waals surface area (Å²) in [7, 11) is 0. The lowest BCUT2D eigenvalue weighted by atomic mass is 10.1. The van der Waals surface area contributed by atoms with E-state index in [0.29, 0.717) is 0 Å². The number of nitrogens with two attached hydrogens (primary N) is 1. The van der Waals surface area contributed by atoms with Gasteiger partial charge in [-0.15, -0.1) is 5.10 Å². The van der Waals surface area contributed by atoms with E-state index in [-0.39, 0.29) is 24.3 Å². The third-order valence-corrected chi connectivity index (χ3v) is 3.60. The molecule has 1 aromatic heterocycles. The van der Waals surface area contributed by atoms with Crippen molar-refractivity contribution in [3.63, 3.8) is 0 Å². The minimum atomic E-state index is -1.01. The summed E-state index contributed by atoms with van der Waals surface area (Å²) in [5.41, 5.74) is 4.68. The molecular weight excluding hydrogens is 284 g/mol. The first-order valence-electron chi connectivity index (χ1n) is 7.64. The fraction of sp³-hybridized carbons (Fsp3) is 0.714. The zero-order valence-electron chi connectivity index (χ0n) is 13.2. The van der Waals surface area contributed by atoms with Gasteiger partial charge in [0, 0.05) is 13.1 Å². The van der Waals surface area contributed by atoms with Gasteiger partial charge in [0.25, 0.3) is 0 Å². The van der Waals surface area contributed by atoms with Crippen molar-refractivity contribution in [1.82, 2.24) is 19.7 Å². The van der Waals surface area contributed by atoms with Gasteiger partial charge in [-0.1, -0.05) is 12.8 Å². The van der Waals surface area contributed by atoms with Crippen molar-refractivity contribution in [2.75, 3.05) is 18.4 Å². The van der Waals surface area contributed by atoms with Crippen molar-refractivity contribution < 1.29 is 9.59 Å². The van der Waals surface area contributed by atoms with Crippen molar-refractivity contribution in [2.24, 2.45) is 5.73 Å². The van der Waals surface area contributed by atoms with Crippen LogP contribution in [0.2, 0.25) is 0 Å². The number of rotatable bonds is 4. The first-order valence-corrected chi connectivity index (χ1v) is 7.64. The lowest BCUT2D eigenvalue weighted by molar-refractivity contribution is -0.132. The fourth-order valence-electron chi connectivity index (χ4n) is 2.25. The zero-order valence-corrected chi connectivity index (χ0v) is 13.2. The van der Waals surface area contributed by atoms with Crippen LogP contribution in [0.3, 0.4) is 0 Å². The zero-order chi connectivity index (χ0) is 16.2. The number of amides is 2. The normalized spacial score (nSPS) is 16.2. The number of carbonyl (C=O) groups is 2. The Labute approximate surface area is 130 Å². The number of carbonyl (C=O) groups excluding carboxylic acids is 2. The molecule has 1 aromatic rings. The smallest absolute Gasteiger partial charge is 0.248 e. The van der Waals surface area contributed by atoms with Gasteiger partial charge in [0.05, 0.1) is 5.54 Å². The van der Waals surface area contributed by atoms with Crippen LogP contribution >= 0.6 is 0 Å². The molecule has 0 radical (unpaired) electrons. The minimum Gasteiger partial charge on any atom is -0.341 e. The highest BCUT2D eigenvalue weighted by molar-refractivity contribution is 5.95. The van der Waals surface area contributed by atoms with Crippen molar-refractivity contribution in [3.05, 3.63) is 6.33 Å². The van der Waals surface area contributed by atoms with Crippen molar-refractivity contribution >= 4 is 17.8 Å². The maximum absolute atomic E-state index is 12.2. The summed E-state index contributed by atoms with van der Waals surface area (Å²) in [5, 5.41) is 6.63. The second-order valence-corrected chi connectivity index (χ2v) is 6.24. The standard InChI is InChI=1S/C14H24N6O2/c1-14(2,15)12(22)17-13-16-10-20(18-13)9-11(21)19-7-5-3-4-6-8-19/h10H,3-9,15H2,1-2H3,(H,17,18,22). The molecule has 0 aliphatic carbocycles. The summed E-state index contributed by atoms with van der Waals surface area (Å²) in [6, 6.07) is 0. The molecule has 22 heavy (non-hydrogen) atoms. The van der Waals surface area contributed by atoms with Crippen molar-refractivity contribution in [1.29, 1.82) is 0 Å². The van der Waals surface area contributed by atoms with Crippen LogP contribution in [0.25, 0.3) is 0 Å². The van der Waals surface area contributed by atoms with Gasteiger partial charge in [0.1, 0.15) is 12.9 Å². The summed E-state index contributed by atoms with van der Waals surface area (Å²) in [4.78, 5) is 29.8. The van der Waals surface area contributed by atoms with E-state index in [1.54, 1.807) is 13.8 Å². The van der Waals surface area contributed by atoms with E-state index in [9.17, 15) is 9.59 Å². The predicted molar refractivity (Wildman–Crippen MR) is 82.0 cm³/mol. The molecular formula is C14H24N6O2. The van der Waals surface area contributed by atoms with Gasteiger partial charge in [0.15, 0.2) is 0 Å². The monoisotopic (exact) mass is 308 g/mol. The highest BCUT2D eigenvalue weighted by Gasteiger charge is 2.23. The molecule has 0 unspecified atom stereocenters. The third-order valence-electron chi connectivity index (χ3n) is 3.60. The summed E-state index contributed by atoms with van der Waals surface area (Å²) in [6.45, 7) is 4.94. The second kappa shape index (κ2) is 6.87. The minimum absolute atomic E-state index is 0.0313. The number of hydrogen-bond acceptors (Lipinski definition) is 5. The van der Waals surface area contributed by atoms with E-state index in [2.05, 4.69) is 15.4 Å². The molecule has 1 saturated heterocycles. The maximum Gasteiger partial charge on any atom is 0.248 e. The van der Waals surface area contributed by atoms with Crippen molar-refractivity contribution in [3.8, 4) is 0 Å². The first kappa shape index (κ1) is 16.4. The summed E-state index contributed by atoms with van der Waals surface area (Å²) in [5.74, 6) is -0.180. The van der Waals surface area contributed by atoms with E-state index in [1.807, 2.05) is 4.90 Å². The van der Waals surface area contributed by atoms with Crippen LogP contribution in [0.5, 0.6) is 0 Å².